The van der Waals surface area contributed by atoms with Gasteiger partial charge in [0, 0.05) is 17.7 Å². The lowest BCUT2D eigenvalue weighted by atomic mass is 10.1. The second kappa shape index (κ2) is 9.58. The molecule has 0 amide bonds. The van der Waals surface area contributed by atoms with Crippen LogP contribution in [0, 0.1) is 10.1 Å². The predicted molar refractivity (Wildman–Crippen MR) is 126 cm³/mol. The minimum absolute atomic E-state index is 0.0117. The molecule has 0 saturated carbocycles. The number of nitro benzene ring substituents is 1. The first-order valence-corrected chi connectivity index (χ1v) is 10.8. The summed E-state index contributed by atoms with van der Waals surface area (Å²) in [6.45, 7) is 1.84. The van der Waals surface area contributed by atoms with E-state index in [0.717, 1.165) is 11.8 Å². The molecule has 9 heteroatoms. The van der Waals surface area contributed by atoms with Crippen molar-refractivity contribution in [2.24, 2.45) is 4.99 Å². The maximum atomic E-state index is 12.5. The van der Waals surface area contributed by atoms with Crippen molar-refractivity contribution in [1.82, 2.24) is 0 Å². The van der Waals surface area contributed by atoms with Gasteiger partial charge in [0.2, 0.25) is 0 Å². The van der Waals surface area contributed by atoms with Gasteiger partial charge in [-0.1, -0.05) is 42.1 Å². The molecule has 0 radical (unpaired) electrons. The Hall–Kier alpha value is -4.11. The van der Waals surface area contributed by atoms with Gasteiger partial charge in [-0.15, -0.1) is 0 Å². The van der Waals surface area contributed by atoms with Crippen molar-refractivity contribution in [2.75, 3.05) is 6.61 Å². The Morgan fingerprint density at radius 3 is 2.70 bits per heavy atom. The maximum Gasteiger partial charge on any atom is 0.344 e. The van der Waals surface area contributed by atoms with Crippen molar-refractivity contribution in [3.63, 3.8) is 0 Å². The third-order valence-electron chi connectivity index (χ3n) is 4.60. The van der Waals surface area contributed by atoms with Gasteiger partial charge in [-0.25, -0.2) is 9.79 Å². The van der Waals surface area contributed by atoms with Crippen molar-refractivity contribution in [1.29, 1.82) is 0 Å². The third kappa shape index (κ3) is 4.88. The summed E-state index contributed by atoms with van der Waals surface area (Å²) in [5, 5.41) is 22.1. The molecule has 0 fully saturated rings. The third-order valence-corrected chi connectivity index (χ3v) is 5.62. The van der Waals surface area contributed by atoms with E-state index in [2.05, 4.69) is 4.99 Å². The van der Waals surface area contributed by atoms with Gasteiger partial charge in [-0.3, -0.25) is 10.1 Å². The number of rotatable bonds is 6. The Kier molecular flexibility index (Phi) is 6.41. The number of ether oxygens (including phenoxy) is 1. The number of nitro groups is 1. The number of hydrogen-bond donors (Lipinski definition) is 1. The van der Waals surface area contributed by atoms with Crippen molar-refractivity contribution in [3.8, 4) is 11.3 Å². The summed E-state index contributed by atoms with van der Waals surface area (Å²) in [5.41, 5.74) is 1.12. The van der Waals surface area contributed by atoms with E-state index in [1.165, 1.54) is 12.1 Å². The van der Waals surface area contributed by atoms with E-state index in [1.807, 2.05) is 18.2 Å². The number of aliphatic hydroxyl groups is 1. The van der Waals surface area contributed by atoms with E-state index in [4.69, 9.17) is 9.15 Å². The number of para-hydroxylation sites is 1. The largest absolute Gasteiger partial charge is 0.506 e. The van der Waals surface area contributed by atoms with Crippen molar-refractivity contribution < 1.29 is 24.0 Å². The second-order valence-electron chi connectivity index (χ2n) is 6.82. The van der Waals surface area contributed by atoms with E-state index >= 15 is 0 Å². The SMILES string of the molecule is CCOC(=O)C1=C(O)/C(=C/c2ccc(-c3cccc([N+](=O)[O-])c3)o2)SC1=Nc1ccccc1. The molecule has 0 aliphatic carbocycles. The molecule has 2 aromatic carbocycles. The minimum Gasteiger partial charge on any atom is -0.506 e. The van der Waals surface area contributed by atoms with E-state index in [-0.39, 0.29) is 23.6 Å². The smallest absolute Gasteiger partial charge is 0.344 e. The van der Waals surface area contributed by atoms with Gasteiger partial charge >= 0.3 is 5.97 Å². The van der Waals surface area contributed by atoms with Crippen LogP contribution in [0.2, 0.25) is 0 Å². The fourth-order valence-electron chi connectivity index (χ4n) is 3.10. The molecule has 0 saturated heterocycles. The Balaban J connectivity index is 1.68. The van der Waals surface area contributed by atoms with Gasteiger partial charge in [0.05, 0.1) is 22.1 Å². The number of hydrogen-bond acceptors (Lipinski definition) is 8. The van der Waals surface area contributed by atoms with E-state index in [9.17, 15) is 20.0 Å². The second-order valence-corrected chi connectivity index (χ2v) is 7.85. The van der Waals surface area contributed by atoms with Crippen molar-refractivity contribution >= 4 is 40.2 Å². The standard InChI is InChI=1S/C24H18N2O6S/c1-2-31-24(28)21-22(27)20(33-23(21)25-16-8-4-3-5-9-16)14-18-11-12-19(32-18)15-7-6-10-17(13-15)26(29)30/h3-14,27H,2H2,1H3/b20-14-,25-23?. The summed E-state index contributed by atoms with van der Waals surface area (Å²) < 4.78 is 10.9. The first-order chi connectivity index (χ1) is 16.0. The number of esters is 1. The highest BCUT2D eigenvalue weighted by molar-refractivity contribution is 8.18. The summed E-state index contributed by atoms with van der Waals surface area (Å²) in [5.74, 6) is -0.0886. The van der Waals surface area contributed by atoms with Gasteiger partial charge in [0.15, 0.2) is 0 Å². The van der Waals surface area contributed by atoms with Crippen LogP contribution in [0.5, 0.6) is 0 Å². The highest BCUT2D eigenvalue weighted by Crippen LogP contribution is 2.40. The first kappa shape index (κ1) is 22.1. The van der Waals surface area contributed by atoms with Crippen LogP contribution < -0.4 is 0 Å². The molecule has 2 heterocycles. The summed E-state index contributed by atoms with van der Waals surface area (Å²) in [6.07, 6.45) is 1.58. The quantitative estimate of drug-likeness (QED) is 0.269. The predicted octanol–water partition coefficient (Wildman–Crippen LogP) is 6.05. The van der Waals surface area contributed by atoms with E-state index < -0.39 is 10.9 Å². The lowest BCUT2D eigenvalue weighted by molar-refractivity contribution is -0.384. The average molecular weight is 462 g/mol. The normalized spacial score (nSPS) is 15.9. The molecule has 1 aliphatic rings. The summed E-state index contributed by atoms with van der Waals surface area (Å²) >= 11 is 1.12. The maximum absolute atomic E-state index is 12.5. The molecule has 0 bridgehead atoms. The number of nitrogens with zero attached hydrogens (tertiary/aromatic N) is 2. The molecule has 8 nitrogen and oxygen atoms in total. The van der Waals surface area contributed by atoms with E-state index in [1.54, 1.807) is 49.4 Å². The van der Waals surface area contributed by atoms with Crippen LogP contribution in [-0.2, 0) is 9.53 Å². The van der Waals surface area contributed by atoms with Crippen LogP contribution >= 0.6 is 11.8 Å². The Morgan fingerprint density at radius 1 is 1.18 bits per heavy atom. The number of carbonyl (C=O) groups is 1. The van der Waals surface area contributed by atoms with Gasteiger partial charge in [-0.05, 0) is 37.3 Å². The minimum atomic E-state index is -0.669. The lowest BCUT2D eigenvalue weighted by Crippen LogP contribution is -2.12. The Morgan fingerprint density at radius 2 is 1.97 bits per heavy atom. The molecule has 0 atom stereocenters. The van der Waals surface area contributed by atoms with Crippen LogP contribution in [0.15, 0.2) is 92.4 Å². The number of aliphatic hydroxyl groups excluding tert-OH is 1. The van der Waals surface area contributed by atoms with Crippen molar-refractivity contribution in [2.45, 2.75) is 6.92 Å². The van der Waals surface area contributed by atoms with Gasteiger partial charge in [-0.2, -0.15) is 0 Å². The van der Waals surface area contributed by atoms with E-state index in [0.29, 0.717) is 32.7 Å². The fourth-order valence-corrected chi connectivity index (χ4v) is 4.11. The summed E-state index contributed by atoms with van der Waals surface area (Å²) in [6, 6.07) is 18.5. The zero-order chi connectivity index (χ0) is 23.4. The number of thioether (sulfide) groups is 1. The number of benzene rings is 2. The Labute approximate surface area is 193 Å². The fraction of sp³-hybridized carbons (Fsp3) is 0.0833. The first-order valence-electron chi connectivity index (χ1n) is 9.95. The summed E-state index contributed by atoms with van der Waals surface area (Å²) in [7, 11) is 0. The van der Waals surface area contributed by atoms with Gasteiger partial charge in [0.1, 0.15) is 27.9 Å². The molecule has 0 spiro atoms. The molecule has 0 unspecified atom stereocenters. The summed E-state index contributed by atoms with van der Waals surface area (Å²) in [4.78, 5) is 27.9. The van der Waals surface area contributed by atoms with Crippen LogP contribution in [0.1, 0.15) is 12.7 Å². The number of carbonyl (C=O) groups excluding carboxylic acids is 1. The molecule has 166 valence electrons. The topological polar surface area (TPSA) is 115 Å². The zero-order valence-corrected chi connectivity index (χ0v) is 18.2. The highest BCUT2D eigenvalue weighted by atomic mass is 32.2. The molecular formula is C24H18N2O6S. The van der Waals surface area contributed by atoms with Gasteiger partial charge < -0.3 is 14.3 Å². The molecule has 1 aromatic heterocycles. The monoisotopic (exact) mass is 462 g/mol. The highest BCUT2D eigenvalue weighted by Gasteiger charge is 2.33. The molecule has 3 aromatic rings. The number of non-ortho nitro benzene ring substituents is 1. The molecule has 4 rings (SSSR count). The number of aliphatic imine (C=N–C) groups is 1. The molecular weight excluding hydrogens is 444 g/mol. The molecule has 1 aliphatic heterocycles. The van der Waals surface area contributed by atoms with Gasteiger partial charge in [0.25, 0.3) is 5.69 Å². The molecule has 1 N–H and O–H groups in total. The molecule has 33 heavy (non-hydrogen) atoms. The Bertz CT molecular complexity index is 1310. The van der Waals surface area contributed by atoms with Crippen LogP contribution in [0.4, 0.5) is 11.4 Å². The van der Waals surface area contributed by atoms with Crippen LogP contribution in [0.25, 0.3) is 17.4 Å². The lowest BCUT2D eigenvalue weighted by Gasteiger charge is -2.03. The van der Waals surface area contributed by atoms with Crippen molar-refractivity contribution in [3.05, 3.63) is 98.8 Å². The van der Waals surface area contributed by atoms with Crippen LogP contribution in [0.3, 0.4) is 0 Å². The average Bonchev–Trinajstić information content (AvgIpc) is 3.39. The zero-order valence-electron chi connectivity index (χ0n) is 17.4. The van der Waals surface area contributed by atoms with Crippen LogP contribution in [-0.4, -0.2) is 27.6 Å². The number of furan rings is 1.